The SMILES string of the molecule is CN1C(=O)C2(Cc3cc4ccccc4n3C34CC56SSC(CO)(C(=O)N5C3Nc3ccccc34)N(C)C6=O)SSC1C(=O)N2C. The van der Waals surface area contributed by atoms with E-state index in [-0.39, 0.29) is 36.5 Å². The highest BCUT2D eigenvalue weighted by atomic mass is 33.1. The van der Waals surface area contributed by atoms with E-state index in [1.54, 1.807) is 35.8 Å². The number of aliphatic hydroxyl groups excluding tert-OH is 1. The van der Waals surface area contributed by atoms with Gasteiger partial charge in [0.05, 0.1) is 6.61 Å². The zero-order valence-electron chi connectivity index (χ0n) is 24.4. The van der Waals surface area contributed by atoms with Gasteiger partial charge in [0.1, 0.15) is 11.7 Å². The predicted octanol–water partition coefficient (Wildman–Crippen LogP) is 2.51. The summed E-state index contributed by atoms with van der Waals surface area (Å²) in [4.78, 5) is 58.6. The van der Waals surface area contributed by atoms with E-state index in [2.05, 4.69) is 16.0 Å². The molecule has 11 rings (SSSR count). The number of para-hydroxylation sites is 2. The van der Waals surface area contributed by atoms with E-state index in [1.807, 2.05) is 48.5 Å². The molecule has 4 bridgehead atoms. The second-order valence-corrected chi connectivity index (χ2v) is 17.7. The van der Waals surface area contributed by atoms with Crippen LogP contribution in [0, 0.1) is 0 Å². The molecular weight excluding hydrogens is 653 g/mol. The lowest BCUT2D eigenvalue weighted by atomic mass is 9.85. The van der Waals surface area contributed by atoms with Crippen molar-refractivity contribution >= 4 is 83.4 Å². The van der Waals surface area contributed by atoms with Crippen LogP contribution in [-0.4, -0.2) is 107 Å². The Balaban J connectivity index is 1.31. The fraction of sp³-hybridized carbons (Fsp3) is 0.400. The van der Waals surface area contributed by atoms with Crippen LogP contribution in [0.5, 0.6) is 0 Å². The zero-order chi connectivity index (χ0) is 31.3. The Morgan fingerprint density at radius 3 is 2.44 bits per heavy atom. The smallest absolute Gasteiger partial charge is 0.265 e. The van der Waals surface area contributed by atoms with Crippen LogP contribution in [0.25, 0.3) is 10.9 Å². The van der Waals surface area contributed by atoms with Crippen molar-refractivity contribution in [2.24, 2.45) is 0 Å². The number of benzene rings is 2. The summed E-state index contributed by atoms with van der Waals surface area (Å²) in [7, 11) is 10.4. The van der Waals surface area contributed by atoms with Crippen LogP contribution in [0.3, 0.4) is 0 Å². The molecule has 8 aliphatic rings. The lowest BCUT2D eigenvalue weighted by molar-refractivity contribution is -0.166. The molecule has 1 aromatic heterocycles. The van der Waals surface area contributed by atoms with Gasteiger partial charge in [-0.05, 0) is 34.4 Å². The average molecular weight is 681 g/mol. The van der Waals surface area contributed by atoms with E-state index in [4.69, 9.17) is 0 Å². The molecule has 2 aromatic carbocycles. The van der Waals surface area contributed by atoms with Gasteiger partial charge in [-0.2, -0.15) is 0 Å². The summed E-state index contributed by atoms with van der Waals surface area (Å²) in [6.45, 7) is -0.503. The molecular formula is C30H28N6O5S4. The van der Waals surface area contributed by atoms with Crippen LogP contribution in [0.2, 0.25) is 0 Å². The van der Waals surface area contributed by atoms with Gasteiger partial charge < -0.3 is 29.7 Å². The molecule has 6 atom stereocenters. The molecule has 45 heavy (non-hydrogen) atoms. The number of fused-ring (bicyclic) bond motifs is 9. The Labute approximate surface area is 274 Å². The minimum Gasteiger partial charge on any atom is -0.392 e. The number of aliphatic hydroxyl groups is 1. The van der Waals surface area contributed by atoms with Crippen LogP contribution < -0.4 is 5.32 Å². The third kappa shape index (κ3) is 3.01. The molecule has 15 heteroatoms. The Hall–Kier alpha value is -2.98. The molecule has 11 nitrogen and oxygen atoms in total. The van der Waals surface area contributed by atoms with Gasteiger partial charge in [0, 0.05) is 56.4 Å². The highest BCUT2D eigenvalue weighted by Crippen LogP contribution is 2.69. The standard InChI is InChI=1S/C30H28N6O5S4/c1-32-22-21(38)33(2)28(24(32)39,43-42-22)13-17-12-16-8-4-7-11-20(16)35(17)27-14-29-25(40)34(3)30(15-37,45-44-29)26(41)36(29)23(27)31-19-10-6-5-9-18(19)27/h4-12,22-23,31,37H,13-15H2,1-3H3. The van der Waals surface area contributed by atoms with Crippen molar-refractivity contribution in [3.05, 3.63) is 65.9 Å². The van der Waals surface area contributed by atoms with Crippen LogP contribution in [0.1, 0.15) is 17.7 Å². The summed E-state index contributed by atoms with van der Waals surface area (Å²) in [5.41, 5.74) is 2.57. The summed E-state index contributed by atoms with van der Waals surface area (Å²) < 4.78 is 2.23. The molecule has 1 spiro atoms. The first-order chi connectivity index (χ1) is 21.6. The molecule has 4 amide bonds. The summed E-state index contributed by atoms with van der Waals surface area (Å²) in [5, 5.41) is 14.6. The normalized spacial score (nSPS) is 36.3. The number of carbonyl (C=O) groups excluding carboxylic acids is 4. The highest BCUT2D eigenvalue weighted by molar-refractivity contribution is 8.78. The number of hydrogen-bond donors (Lipinski definition) is 2. The first-order valence-electron chi connectivity index (χ1n) is 14.5. The Morgan fingerprint density at radius 2 is 1.64 bits per heavy atom. The highest BCUT2D eigenvalue weighted by Gasteiger charge is 2.78. The first kappa shape index (κ1) is 28.3. The van der Waals surface area contributed by atoms with Gasteiger partial charge in [0.25, 0.3) is 23.6 Å². The van der Waals surface area contributed by atoms with Gasteiger partial charge in [-0.1, -0.05) is 68.8 Å². The second kappa shape index (κ2) is 8.88. The zero-order valence-corrected chi connectivity index (χ0v) is 27.7. The third-order valence-electron chi connectivity index (χ3n) is 10.5. The second-order valence-electron chi connectivity index (χ2n) is 12.5. The van der Waals surface area contributed by atoms with Gasteiger partial charge in [0.2, 0.25) is 4.87 Å². The van der Waals surface area contributed by atoms with Crippen molar-refractivity contribution in [2.45, 2.75) is 44.5 Å². The van der Waals surface area contributed by atoms with E-state index < -0.39 is 38.3 Å². The number of carbonyl (C=O) groups is 4. The number of anilines is 1. The van der Waals surface area contributed by atoms with E-state index >= 15 is 0 Å². The van der Waals surface area contributed by atoms with Crippen molar-refractivity contribution in [3.63, 3.8) is 0 Å². The minimum absolute atomic E-state index is 0.108. The lowest BCUT2D eigenvalue weighted by Gasteiger charge is -2.57. The topological polar surface area (TPSA) is 118 Å². The van der Waals surface area contributed by atoms with E-state index in [0.717, 1.165) is 27.8 Å². The number of hydrogen-bond acceptors (Lipinski definition) is 10. The molecule has 7 saturated heterocycles. The number of amides is 4. The molecule has 6 unspecified atom stereocenters. The van der Waals surface area contributed by atoms with Crippen molar-refractivity contribution in [2.75, 3.05) is 33.1 Å². The number of aromatic nitrogens is 1. The van der Waals surface area contributed by atoms with Crippen LogP contribution in [0.15, 0.2) is 54.6 Å². The van der Waals surface area contributed by atoms with E-state index in [0.29, 0.717) is 0 Å². The van der Waals surface area contributed by atoms with E-state index in [1.165, 1.54) is 48.1 Å². The Kier molecular flexibility index (Phi) is 5.58. The predicted molar refractivity (Wildman–Crippen MR) is 176 cm³/mol. The first-order valence-corrected chi connectivity index (χ1v) is 18.9. The maximum atomic E-state index is 14.5. The number of rotatable bonds is 4. The van der Waals surface area contributed by atoms with Crippen LogP contribution in [-0.2, 0) is 31.1 Å². The monoisotopic (exact) mass is 680 g/mol. The Bertz CT molecular complexity index is 1910. The van der Waals surface area contributed by atoms with Gasteiger partial charge >= 0.3 is 0 Å². The maximum Gasteiger partial charge on any atom is 0.265 e. The largest absolute Gasteiger partial charge is 0.392 e. The number of piperazine rings is 2. The minimum atomic E-state index is -1.43. The van der Waals surface area contributed by atoms with Crippen molar-refractivity contribution < 1.29 is 24.3 Å². The fourth-order valence-corrected chi connectivity index (χ4v) is 15.3. The van der Waals surface area contributed by atoms with Gasteiger partial charge in [-0.3, -0.25) is 24.1 Å². The molecule has 2 N–H and O–H groups in total. The molecule has 232 valence electrons. The number of nitrogens with zero attached hydrogens (tertiary/aromatic N) is 5. The summed E-state index contributed by atoms with van der Waals surface area (Å²) in [6.07, 6.45) is -0.160. The number of likely N-dealkylation sites (N-methyl/N-ethyl adjacent to an activating group) is 3. The molecule has 3 aromatic rings. The molecule has 8 aliphatic heterocycles. The van der Waals surface area contributed by atoms with Crippen LogP contribution >= 0.6 is 43.2 Å². The summed E-state index contributed by atoms with van der Waals surface area (Å²) >= 11 is 0. The van der Waals surface area contributed by atoms with Crippen molar-refractivity contribution in [3.8, 4) is 0 Å². The molecule has 9 heterocycles. The summed E-state index contributed by atoms with van der Waals surface area (Å²) in [6, 6.07) is 18.0. The van der Waals surface area contributed by atoms with Crippen molar-refractivity contribution in [1.29, 1.82) is 0 Å². The lowest BCUT2D eigenvalue weighted by Crippen LogP contribution is -2.77. The van der Waals surface area contributed by atoms with Gasteiger partial charge in [-0.15, -0.1) is 0 Å². The van der Waals surface area contributed by atoms with E-state index in [9.17, 15) is 24.3 Å². The molecule has 7 fully saturated rings. The third-order valence-corrected chi connectivity index (χ3v) is 17.5. The molecule has 0 saturated carbocycles. The number of nitrogens with one attached hydrogen (secondary N) is 1. The van der Waals surface area contributed by atoms with Gasteiger partial charge in [0.15, 0.2) is 15.1 Å². The quantitative estimate of drug-likeness (QED) is 0.398. The Morgan fingerprint density at radius 1 is 0.889 bits per heavy atom. The molecule has 0 aliphatic carbocycles. The average Bonchev–Trinajstić information content (AvgIpc) is 3.66. The van der Waals surface area contributed by atoms with Crippen LogP contribution in [0.4, 0.5) is 5.69 Å². The summed E-state index contributed by atoms with van der Waals surface area (Å²) in [5.74, 6) is -0.758. The van der Waals surface area contributed by atoms with Crippen molar-refractivity contribution in [1.82, 2.24) is 24.2 Å². The molecule has 0 radical (unpaired) electrons. The fourth-order valence-electron chi connectivity index (χ4n) is 8.24. The maximum absolute atomic E-state index is 14.5. The van der Waals surface area contributed by atoms with Gasteiger partial charge in [-0.25, -0.2) is 0 Å².